The molecular weight excluding hydrogens is 166 g/mol. The Morgan fingerprint density at radius 1 is 1.31 bits per heavy atom. The van der Waals surface area contributed by atoms with E-state index in [1.165, 1.54) is 7.11 Å². The first-order chi connectivity index (χ1) is 5.95. The molecular formula is C10H23NO2. The minimum absolute atomic E-state index is 0.265. The van der Waals surface area contributed by atoms with Crippen LogP contribution in [0, 0.1) is 5.41 Å². The van der Waals surface area contributed by atoms with Crippen LogP contribution in [0.5, 0.6) is 0 Å². The van der Waals surface area contributed by atoms with Crippen molar-refractivity contribution >= 4 is 6.09 Å². The van der Waals surface area contributed by atoms with E-state index in [-0.39, 0.29) is 11.5 Å². The van der Waals surface area contributed by atoms with Gasteiger partial charge in [-0.15, -0.1) is 0 Å². The molecule has 0 saturated carbocycles. The second kappa shape index (κ2) is 7.90. The van der Waals surface area contributed by atoms with Gasteiger partial charge in [-0.05, 0) is 11.8 Å². The Morgan fingerprint density at radius 2 is 1.77 bits per heavy atom. The fourth-order valence-corrected chi connectivity index (χ4v) is 0.612. The highest BCUT2D eigenvalue weighted by molar-refractivity contribution is 5.66. The van der Waals surface area contributed by atoms with Crippen molar-refractivity contribution in [2.75, 3.05) is 13.7 Å². The molecule has 0 spiro atoms. The summed E-state index contributed by atoms with van der Waals surface area (Å²) in [6.45, 7) is 11.1. The number of hydrogen-bond acceptors (Lipinski definition) is 2. The van der Waals surface area contributed by atoms with Crippen LogP contribution >= 0.6 is 0 Å². The molecule has 0 heterocycles. The maximum Gasteiger partial charge on any atom is 0.406 e. The molecule has 3 nitrogen and oxygen atoms in total. The number of carbonyl (C=O) groups excluding carboxylic acids is 1. The lowest BCUT2D eigenvalue weighted by Crippen LogP contribution is -2.26. The van der Waals surface area contributed by atoms with Crippen LogP contribution in [0.15, 0.2) is 0 Å². The van der Waals surface area contributed by atoms with E-state index in [9.17, 15) is 4.79 Å². The molecule has 0 aliphatic rings. The first-order valence-electron chi connectivity index (χ1n) is 4.77. The molecule has 0 aromatic rings. The Bertz CT molecular complexity index is 127. The number of carbonyl (C=O) groups is 1. The predicted octanol–water partition coefficient (Wildman–Crippen LogP) is 2.80. The molecule has 13 heavy (non-hydrogen) atoms. The molecule has 0 fully saturated rings. The van der Waals surface area contributed by atoms with Gasteiger partial charge in [-0.1, -0.05) is 34.6 Å². The molecule has 0 aromatic heterocycles. The van der Waals surface area contributed by atoms with E-state index in [0.29, 0.717) is 6.54 Å². The summed E-state index contributed by atoms with van der Waals surface area (Å²) >= 11 is 0. The minimum Gasteiger partial charge on any atom is -0.453 e. The zero-order valence-corrected chi connectivity index (χ0v) is 9.73. The summed E-state index contributed by atoms with van der Waals surface area (Å²) < 4.78 is 4.41. The Kier molecular flexibility index (Phi) is 8.97. The SMILES string of the molecule is CC.COC(=O)NCCC(C)(C)C. The number of ether oxygens (including phenoxy) is 1. The summed E-state index contributed by atoms with van der Waals surface area (Å²) in [5.41, 5.74) is 0.265. The Hall–Kier alpha value is -0.730. The Morgan fingerprint density at radius 3 is 2.08 bits per heavy atom. The zero-order valence-electron chi connectivity index (χ0n) is 9.73. The van der Waals surface area contributed by atoms with Crippen molar-refractivity contribution in [2.24, 2.45) is 5.41 Å². The van der Waals surface area contributed by atoms with E-state index in [1.807, 2.05) is 13.8 Å². The van der Waals surface area contributed by atoms with E-state index in [4.69, 9.17) is 0 Å². The number of nitrogens with one attached hydrogen (secondary N) is 1. The average molecular weight is 189 g/mol. The highest BCUT2D eigenvalue weighted by atomic mass is 16.5. The molecule has 0 unspecified atom stereocenters. The normalized spacial score (nSPS) is 9.69. The van der Waals surface area contributed by atoms with Crippen molar-refractivity contribution in [1.29, 1.82) is 0 Å². The quantitative estimate of drug-likeness (QED) is 0.725. The van der Waals surface area contributed by atoms with Gasteiger partial charge in [0.2, 0.25) is 0 Å². The van der Waals surface area contributed by atoms with Gasteiger partial charge in [0.25, 0.3) is 0 Å². The van der Waals surface area contributed by atoms with E-state index < -0.39 is 0 Å². The lowest BCUT2D eigenvalue weighted by atomic mass is 9.92. The van der Waals surface area contributed by atoms with Gasteiger partial charge < -0.3 is 10.1 Å². The van der Waals surface area contributed by atoms with Gasteiger partial charge in [0.05, 0.1) is 7.11 Å². The second-order valence-corrected chi connectivity index (χ2v) is 3.73. The molecule has 0 aliphatic carbocycles. The van der Waals surface area contributed by atoms with E-state index in [2.05, 4.69) is 30.8 Å². The van der Waals surface area contributed by atoms with Gasteiger partial charge >= 0.3 is 6.09 Å². The maximum atomic E-state index is 10.6. The van der Waals surface area contributed by atoms with Gasteiger partial charge in [0.1, 0.15) is 0 Å². The summed E-state index contributed by atoms with van der Waals surface area (Å²) in [6, 6.07) is 0. The number of methoxy groups -OCH3 is 1. The van der Waals surface area contributed by atoms with E-state index in [1.54, 1.807) is 0 Å². The third-order valence-electron chi connectivity index (χ3n) is 1.33. The van der Waals surface area contributed by atoms with Crippen LogP contribution in [0.4, 0.5) is 4.79 Å². The first-order valence-corrected chi connectivity index (χ1v) is 4.77. The third kappa shape index (κ3) is 14.2. The van der Waals surface area contributed by atoms with Crippen LogP contribution in [-0.2, 0) is 4.74 Å². The topological polar surface area (TPSA) is 38.3 Å². The Balaban J connectivity index is 0. The lowest BCUT2D eigenvalue weighted by molar-refractivity contribution is 0.169. The maximum absolute atomic E-state index is 10.6. The highest BCUT2D eigenvalue weighted by Gasteiger charge is 2.09. The molecule has 80 valence electrons. The van der Waals surface area contributed by atoms with Crippen molar-refractivity contribution in [2.45, 2.75) is 41.0 Å². The fraction of sp³-hybridized carbons (Fsp3) is 0.900. The standard InChI is InChI=1S/C8H17NO2.C2H6/c1-8(2,3)5-6-9-7(10)11-4;1-2/h5-6H2,1-4H3,(H,9,10);1-2H3. The van der Waals surface area contributed by atoms with Gasteiger partial charge in [0.15, 0.2) is 0 Å². The van der Waals surface area contributed by atoms with Crippen molar-refractivity contribution in [1.82, 2.24) is 5.32 Å². The first kappa shape index (κ1) is 14.8. The van der Waals surface area contributed by atoms with Crippen molar-refractivity contribution in [3.8, 4) is 0 Å². The third-order valence-corrected chi connectivity index (χ3v) is 1.33. The summed E-state index contributed by atoms with van der Waals surface area (Å²) in [5, 5.41) is 2.63. The number of hydrogen-bond donors (Lipinski definition) is 1. The monoisotopic (exact) mass is 189 g/mol. The molecule has 0 radical (unpaired) electrons. The van der Waals surface area contributed by atoms with Crippen LogP contribution in [-0.4, -0.2) is 19.7 Å². The molecule has 1 N–H and O–H groups in total. The molecule has 0 bridgehead atoms. The van der Waals surface area contributed by atoms with Crippen LogP contribution in [0.2, 0.25) is 0 Å². The second-order valence-electron chi connectivity index (χ2n) is 3.73. The van der Waals surface area contributed by atoms with Crippen LogP contribution in [0.1, 0.15) is 41.0 Å². The van der Waals surface area contributed by atoms with Crippen LogP contribution in [0.3, 0.4) is 0 Å². The zero-order chi connectivity index (χ0) is 10.9. The van der Waals surface area contributed by atoms with Crippen LogP contribution in [0.25, 0.3) is 0 Å². The summed E-state index contributed by atoms with van der Waals surface area (Å²) in [4.78, 5) is 10.6. The molecule has 0 saturated heterocycles. The minimum atomic E-state index is -0.353. The van der Waals surface area contributed by atoms with Crippen molar-refractivity contribution in [3.63, 3.8) is 0 Å². The summed E-state index contributed by atoms with van der Waals surface area (Å²) in [6.07, 6.45) is 0.608. The Labute approximate surface area is 81.9 Å². The molecule has 0 atom stereocenters. The largest absolute Gasteiger partial charge is 0.453 e. The molecule has 0 rings (SSSR count). The van der Waals surface area contributed by atoms with Gasteiger partial charge in [-0.25, -0.2) is 4.79 Å². The molecule has 1 amide bonds. The van der Waals surface area contributed by atoms with Crippen molar-refractivity contribution in [3.05, 3.63) is 0 Å². The molecule has 0 aromatic carbocycles. The van der Waals surface area contributed by atoms with Gasteiger partial charge in [-0.2, -0.15) is 0 Å². The van der Waals surface area contributed by atoms with Gasteiger partial charge in [0, 0.05) is 6.54 Å². The molecule has 3 heteroatoms. The summed E-state index contributed by atoms with van der Waals surface area (Å²) in [7, 11) is 1.37. The van der Waals surface area contributed by atoms with Crippen molar-refractivity contribution < 1.29 is 9.53 Å². The highest BCUT2D eigenvalue weighted by Crippen LogP contribution is 2.16. The fourth-order valence-electron chi connectivity index (χ4n) is 0.612. The number of alkyl carbamates (subject to hydrolysis) is 1. The predicted molar refractivity (Wildman–Crippen MR) is 55.8 cm³/mol. The lowest BCUT2D eigenvalue weighted by Gasteiger charge is -2.17. The number of rotatable bonds is 2. The number of amides is 1. The smallest absolute Gasteiger partial charge is 0.406 e. The van der Waals surface area contributed by atoms with Gasteiger partial charge in [-0.3, -0.25) is 0 Å². The van der Waals surface area contributed by atoms with Crippen LogP contribution < -0.4 is 5.32 Å². The average Bonchev–Trinajstić information content (AvgIpc) is 2.05. The summed E-state index contributed by atoms with van der Waals surface area (Å²) in [5.74, 6) is 0. The van der Waals surface area contributed by atoms with E-state index in [0.717, 1.165) is 6.42 Å². The molecule has 0 aliphatic heterocycles. The van der Waals surface area contributed by atoms with E-state index >= 15 is 0 Å².